The van der Waals surface area contributed by atoms with Gasteiger partial charge < -0.3 is 15.2 Å². The van der Waals surface area contributed by atoms with E-state index in [0.29, 0.717) is 11.4 Å². The molecular weight excluding hydrogens is 194 g/mol. The van der Waals surface area contributed by atoms with Gasteiger partial charge in [-0.05, 0) is 31.5 Å². The molecule has 0 atom stereocenters. The highest BCUT2D eigenvalue weighted by atomic mass is 16.5. The second kappa shape index (κ2) is 3.24. The summed E-state index contributed by atoms with van der Waals surface area (Å²) in [5, 5.41) is 11.7. The average molecular weight is 207 g/mol. The molecule has 0 fully saturated rings. The first kappa shape index (κ1) is 9.98. The van der Waals surface area contributed by atoms with Crippen molar-refractivity contribution in [1.29, 1.82) is 0 Å². The van der Waals surface area contributed by atoms with Crippen LogP contribution in [0.25, 0.3) is 0 Å². The number of fused-ring (bicyclic) bond motifs is 1. The summed E-state index contributed by atoms with van der Waals surface area (Å²) in [6.07, 6.45) is 0. The lowest BCUT2D eigenvalue weighted by atomic mass is 10.1. The number of anilines is 1. The van der Waals surface area contributed by atoms with Gasteiger partial charge in [0.1, 0.15) is 5.75 Å². The Morgan fingerprint density at radius 1 is 1.47 bits per heavy atom. The van der Waals surface area contributed by atoms with Gasteiger partial charge in [0.2, 0.25) is 0 Å². The third-order valence-electron chi connectivity index (χ3n) is 2.39. The summed E-state index contributed by atoms with van der Waals surface area (Å²) in [7, 11) is 0. The Bertz CT molecular complexity index is 412. The summed E-state index contributed by atoms with van der Waals surface area (Å²) in [4.78, 5) is 11.5. The van der Waals surface area contributed by atoms with Gasteiger partial charge in [-0.3, -0.25) is 4.79 Å². The van der Waals surface area contributed by atoms with E-state index in [0.717, 1.165) is 5.56 Å². The van der Waals surface area contributed by atoms with E-state index in [-0.39, 0.29) is 12.5 Å². The number of carbonyl (C=O) groups excluding carboxylic acids is 1. The smallest absolute Gasteiger partial charge is 0.268 e. The highest BCUT2D eigenvalue weighted by Crippen LogP contribution is 2.34. The maximum atomic E-state index is 11.5. The Labute approximate surface area is 87.9 Å². The van der Waals surface area contributed by atoms with Crippen molar-refractivity contribution < 1.29 is 14.6 Å². The van der Waals surface area contributed by atoms with E-state index in [1.165, 1.54) is 0 Å². The van der Waals surface area contributed by atoms with Crippen LogP contribution in [0.2, 0.25) is 0 Å². The maximum Gasteiger partial charge on any atom is 0.268 e. The SMILES string of the molecule is CC1(C)Oc2cc(CO)ccc2NC1=O. The van der Waals surface area contributed by atoms with Gasteiger partial charge in [-0.25, -0.2) is 0 Å². The molecule has 2 rings (SSSR count). The van der Waals surface area contributed by atoms with Gasteiger partial charge in [-0.15, -0.1) is 0 Å². The number of nitrogens with one attached hydrogen (secondary N) is 1. The van der Waals surface area contributed by atoms with Crippen LogP contribution in [-0.2, 0) is 11.4 Å². The minimum absolute atomic E-state index is 0.0367. The number of ether oxygens (including phenoxy) is 1. The highest BCUT2D eigenvalue weighted by molar-refractivity contribution is 6.00. The molecule has 2 N–H and O–H groups in total. The second-order valence-corrected chi connectivity index (χ2v) is 4.06. The topological polar surface area (TPSA) is 58.6 Å². The Balaban J connectivity index is 2.42. The van der Waals surface area contributed by atoms with Gasteiger partial charge in [-0.2, -0.15) is 0 Å². The summed E-state index contributed by atoms with van der Waals surface area (Å²) in [6, 6.07) is 5.21. The molecule has 1 heterocycles. The molecule has 4 nitrogen and oxygen atoms in total. The minimum atomic E-state index is -0.860. The zero-order chi connectivity index (χ0) is 11.1. The molecule has 1 amide bonds. The fraction of sp³-hybridized carbons (Fsp3) is 0.364. The van der Waals surface area contributed by atoms with Gasteiger partial charge >= 0.3 is 0 Å². The molecule has 80 valence electrons. The van der Waals surface area contributed by atoms with Crippen LogP contribution in [0.1, 0.15) is 19.4 Å². The highest BCUT2D eigenvalue weighted by Gasteiger charge is 2.35. The summed E-state index contributed by atoms with van der Waals surface area (Å²) in [5.41, 5.74) is 0.554. The number of aliphatic hydroxyl groups excluding tert-OH is 1. The molecule has 0 radical (unpaired) electrons. The van der Waals surface area contributed by atoms with Crippen molar-refractivity contribution >= 4 is 11.6 Å². The second-order valence-electron chi connectivity index (χ2n) is 4.06. The third kappa shape index (κ3) is 1.68. The number of benzene rings is 1. The summed E-state index contributed by atoms with van der Waals surface area (Å²) < 4.78 is 5.55. The Kier molecular flexibility index (Phi) is 2.16. The van der Waals surface area contributed by atoms with E-state index in [1.807, 2.05) is 0 Å². The molecule has 0 aliphatic carbocycles. The number of hydrogen-bond donors (Lipinski definition) is 2. The third-order valence-corrected chi connectivity index (χ3v) is 2.39. The molecule has 0 spiro atoms. The molecule has 1 aromatic carbocycles. The number of carbonyl (C=O) groups is 1. The van der Waals surface area contributed by atoms with E-state index in [2.05, 4.69) is 5.32 Å². The van der Waals surface area contributed by atoms with E-state index in [9.17, 15) is 4.79 Å². The van der Waals surface area contributed by atoms with E-state index in [4.69, 9.17) is 9.84 Å². The minimum Gasteiger partial charge on any atom is -0.476 e. The Hall–Kier alpha value is -1.55. The monoisotopic (exact) mass is 207 g/mol. The van der Waals surface area contributed by atoms with Crippen molar-refractivity contribution in [1.82, 2.24) is 0 Å². The predicted octanol–water partition coefficient (Wildman–Crippen LogP) is 1.29. The average Bonchev–Trinajstić information content (AvgIpc) is 2.18. The Morgan fingerprint density at radius 2 is 2.20 bits per heavy atom. The summed E-state index contributed by atoms with van der Waals surface area (Å²) >= 11 is 0. The zero-order valence-electron chi connectivity index (χ0n) is 8.70. The van der Waals surface area contributed by atoms with Crippen LogP contribution in [0, 0.1) is 0 Å². The summed E-state index contributed by atoms with van der Waals surface area (Å²) in [6.45, 7) is 3.37. The molecule has 0 unspecified atom stereocenters. The fourth-order valence-electron chi connectivity index (χ4n) is 1.45. The molecule has 1 aliphatic rings. The molecule has 1 aromatic rings. The summed E-state index contributed by atoms with van der Waals surface area (Å²) in [5.74, 6) is 0.442. The van der Waals surface area contributed by atoms with Crippen molar-refractivity contribution in [3.8, 4) is 5.75 Å². The number of aliphatic hydroxyl groups is 1. The quantitative estimate of drug-likeness (QED) is 0.729. The molecule has 0 saturated heterocycles. The Morgan fingerprint density at radius 3 is 2.87 bits per heavy atom. The zero-order valence-corrected chi connectivity index (χ0v) is 8.70. The normalized spacial score (nSPS) is 17.7. The standard InChI is InChI=1S/C11H13NO3/c1-11(2)10(14)12-8-4-3-7(6-13)5-9(8)15-11/h3-5,13H,6H2,1-2H3,(H,12,14). The van der Waals surface area contributed by atoms with Gasteiger partial charge in [0.25, 0.3) is 5.91 Å². The largest absolute Gasteiger partial charge is 0.476 e. The fourth-order valence-corrected chi connectivity index (χ4v) is 1.45. The first-order valence-corrected chi connectivity index (χ1v) is 4.77. The molecule has 0 aromatic heterocycles. The first-order valence-electron chi connectivity index (χ1n) is 4.77. The van der Waals surface area contributed by atoms with Crippen LogP contribution < -0.4 is 10.1 Å². The number of rotatable bonds is 1. The van der Waals surface area contributed by atoms with Gasteiger partial charge in [0.05, 0.1) is 12.3 Å². The van der Waals surface area contributed by atoms with Gasteiger partial charge in [-0.1, -0.05) is 6.07 Å². The predicted molar refractivity (Wildman–Crippen MR) is 55.7 cm³/mol. The number of amides is 1. The molecule has 15 heavy (non-hydrogen) atoms. The van der Waals surface area contributed by atoms with Crippen molar-refractivity contribution in [3.63, 3.8) is 0 Å². The van der Waals surface area contributed by atoms with Crippen LogP contribution in [-0.4, -0.2) is 16.6 Å². The molecule has 0 bridgehead atoms. The number of hydrogen-bond acceptors (Lipinski definition) is 3. The lowest BCUT2D eigenvalue weighted by Gasteiger charge is -2.31. The molecule has 1 aliphatic heterocycles. The van der Waals surface area contributed by atoms with Crippen molar-refractivity contribution in [2.24, 2.45) is 0 Å². The molecular formula is C11H13NO3. The van der Waals surface area contributed by atoms with Crippen LogP contribution in [0.15, 0.2) is 18.2 Å². The first-order chi connectivity index (χ1) is 7.03. The van der Waals surface area contributed by atoms with E-state index < -0.39 is 5.60 Å². The van der Waals surface area contributed by atoms with Crippen molar-refractivity contribution in [3.05, 3.63) is 23.8 Å². The maximum absolute atomic E-state index is 11.5. The van der Waals surface area contributed by atoms with Crippen molar-refractivity contribution in [2.75, 3.05) is 5.32 Å². The molecule has 0 saturated carbocycles. The van der Waals surface area contributed by atoms with Crippen molar-refractivity contribution in [2.45, 2.75) is 26.1 Å². The van der Waals surface area contributed by atoms with Crippen LogP contribution in [0.4, 0.5) is 5.69 Å². The lowest BCUT2D eigenvalue weighted by Crippen LogP contribution is -2.45. The molecule has 4 heteroatoms. The van der Waals surface area contributed by atoms with Gasteiger partial charge in [0, 0.05) is 0 Å². The van der Waals surface area contributed by atoms with E-state index >= 15 is 0 Å². The van der Waals surface area contributed by atoms with Crippen LogP contribution >= 0.6 is 0 Å². The van der Waals surface area contributed by atoms with Gasteiger partial charge in [0.15, 0.2) is 5.60 Å². The van der Waals surface area contributed by atoms with E-state index in [1.54, 1.807) is 32.0 Å². The lowest BCUT2D eigenvalue weighted by molar-refractivity contribution is -0.129. The van der Waals surface area contributed by atoms with Crippen LogP contribution in [0.5, 0.6) is 5.75 Å². The van der Waals surface area contributed by atoms with Crippen LogP contribution in [0.3, 0.4) is 0 Å².